The monoisotopic (exact) mass is 265 g/mol. The first-order valence-electron chi connectivity index (χ1n) is 5.56. The number of aliphatic carboxylic acids is 1. The summed E-state index contributed by atoms with van der Waals surface area (Å²) in [5.74, 6) is -1.70. The number of nitrogens with zero attached hydrogens (tertiary/aromatic N) is 1. The number of hydrogen-bond acceptors (Lipinski definition) is 3. The molecule has 0 spiro atoms. The van der Waals surface area contributed by atoms with Crippen LogP contribution in [0, 0.1) is 0 Å². The minimum absolute atomic E-state index is 0.438. The molecule has 3 amide bonds. The van der Waals surface area contributed by atoms with Gasteiger partial charge in [-0.05, 0) is 19.1 Å². The predicted octanol–water partition coefficient (Wildman–Crippen LogP) is 0.161. The van der Waals surface area contributed by atoms with Gasteiger partial charge in [-0.15, -0.1) is 0 Å². The molecule has 0 radical (unpaired) electrons. The number of primary amides is 1. The van der Waals surface area contributed by atoms with Gasteiger partial charge in [0.05, 0.1) is 0 Å². The van der Waals surface area contributed by atoms with E-state index < -0.39 is 30.5 Å². The Morgan fingerprint density at radius 3 is 2.37 bits per heavy atom. The van der Waals surface area contributed by atoms with Gasteiger partial charge in [0, 0.05) is 5.69 Å². The van der Waals surface area contributed by atoms with Crippen LogP contribution >= 0.6 is 0 Å². The number of urea groups is 1. The molecule has 1 atom stereocenters. The highest BCUT2D eigenvalue weighted by molar-refractivity contribution is 6.01. The fraction of sp³-hybridized carbons (Fsp3) is 0.250. The summed E-state index contributed by atoms with van der Waals surface area (Å²) in [7, 11) is 0. The Bertz CT molecular complexity index is 475. The van der Waals surface area contributed by atoms with Gasteiger partial charge in [0.2, 0.25) is 5.91 Å². The van der Waals surface area contributed by atoms with Gasteiger partial charge in [-0.3, -0.25) is 14.5 Å². The lowest BCUT2D eigenvalue weighted by Crippen LogP contribution is -2.50. The van der Waals surface area contributed by atoms with Crippen molar-refractivity contribution in [2.75, 3.05) is 11.4 Å². The Labute approximate surface area is 110 Å². The van der Waals surface area contributed by atoms with Crippen molar-refractivity contribution >= 4 is 23.6 Å². The number of carbonyl (C=O) groups excluding carboxylic acids is 2. The molecule has 1 unspecified atom stereocenters. The summed E-state index contributed by atoms with van der Waals surface area (Å²) in [4.78, 5) is 34.7. The van der Waals surface area contributed by atoms with Gasteiger partial charge in [0.1, 0.15) is 12.6 Å². The van der Waals surface area contributed by atoms with Crippen LogP contribution in [0.3, 0.4) is 0 Å². The standard InChI is InChI=1S/C12H15N3O4/c1-8(14-12(13)19)11(18)15(7-10(16)17)9-5-3-2-4-6-9/h2-6,8H,7H2,1H3,(H,16,17)(H3,13,14,19). The largest absolute Gasteiger partial charge is 0.480 e. The van der Waals surface area contributed by atoms with E-state index >= 15 is 0 Å². The molecular weight excluding hydrogens is 250 g/mol. The van der Waals surface area contributed by atoms with E-state index in [2.05, 4.69) is 5.32 Å². The highest BCUT2D eigenvalue weighted by Crippen LogP contribution is 2.14. The topological polar surface area (TPSA) is 113 Å². The van der Waals surface area contributed by atoms with Gasteiger partial charge < -0.3 is 16.2 Å². The number of para-hydroxylation sites is 1. The van der Waals surface area contributed by atoms with E-state index in [-0.39, 0.29) is 0 Å². The number of benzene rings is 1. The van der Waals surface area contributed by atoms with Crippen molar-refractivity contribution in [1.29, 1.82) is 0 Å². The summed E-state index contributed by atoms with van der Waals surface area (Å²) >= 11 is 0. The average molecular weight is 265 g/mol. The molecule has 0 bridgehead atoms. The number of nitrogens with one attached hydrogen (secondary N) is 1. The second-order valence-electron chi connectivity index (χ2n) is 3.88. The van der Waals surface area contributed by atoms with Crippen LogP contribution in [0.1, 0.15) is 6.92 Å². The van der Waals surface area contributed by atoms with Gasteiger partial charge in [-0.2, -0.15) is 0 Å². The zero-order valence-corrected chi connectivity index (χ0v) is 10.4. The molecule has 0 aromatic heterocycles. The quantitative estimate of drug-likeness (QED) is 0.703. The summed E-state index contributed by atoms with van der Waals surface area (Å²) in [5, 5.41) is 11.1. The van der Waals surface area contributed by atoms with Crippen LogP contribution in [0.4, 0.5) is 10.5 Å². The molecule has 7 heteroatoms. The maximum Gasteiger partial charge on any atom is 0.323 e. The highest BCUT2D eigenvalue weighted by atomic mass is 16.4. The molecule has 1 aromatic carbocycles. The molecule has 7 nitrogen and oxygen atoms in total. The second kappa shape index (κ2) is 6.39. The van der Waals surface area contributed by atoms with Crippen LogP contribution in [-0.4, -0.2) is 35.6 Å². The van der Waals surface area contributed by atoms with Crippen LogP contribution in [0.25, 0.3) is 0 Å². The Balaban J connectivity index is 2.94. The molecule has 4 N–H and O–H groups in total. The summed E-state index contributed by atoms with van der Waals surface area (Å²) in [5.41, 5.74) is 5.37. The molecule has 0 aliphatic carbocycles. The number of rotatable bonds is 5. The number of carboxylic acid groups (broad SMARTS) is 1. The third-order valence-corrected chi connectivity index (χ3v) is 2.36. The number of nitrogens with two attached hydrogens (primary N) is 1. The number of anilines is 1. The fourth-order valence-corrected chi connectivity index (χ4v) is 1.55. The Morgan fingerprint density at radius 2 is 1.89 bits per heavy atom. The SMILES string of the molecule is CC(NC(N)=O)C(=O)N(CC(=O)O)c1ccccc1. The van der Waals surface area contributed by atoms with Gasteiger partial charge >= 0.3 is 12.0 Å². The Morgan fingerprint density at radius 1 is 1.32 bits per heavy atom. The first-order chi connectivity index (χ1) is 8.91. The molecule has 0 heterocycles. The van der Waals surface area contributed by atoms with E-state index in [9.17, 15) is 14.4 Å². The van der Waals surface area contributed by atoms with Crippen LogP contribution in [-0.2, 0) is 9.59 Å². The molecule has 0 aliphatic heterocycles. The normalized spacial score (nSPS) is 11.4. The average Bonchev–Trinajstić information content (AvgIpc) is 2.35. The van der Waals surface area contributed by atoms with Crippen molar-refractivity contribution in [2.24, 2.45) is 5.73 Å². The van der Waals surface area contributed by atoms with Gasteiger partial charge in [-0.1, -0.05) is 18.2 Å². The maximum absolute atomic E-state index is 12.1. The van der Waals surface area contributed by atoms with Crippen molar-refractivity contribution in [2.45, 2.75) is 13.0 Å². The van der Waals surface area contributed by atoms with Crippen molar-refractivity contribution in [3.8, 4) is 0 Å². The summed E-state index contributed by atoms with van der Waals surface area (Å²) in [6.45, 7) is 0.943. The predicted molar refractivity (Wildman–Crippen MR) is 68.6 cm³/mol. The molecule has 0 saturated heterocycles. The molecule has 19 heavy (non-hydrogen) atoms. The van der Waals surface area contributed by atoms with Crippen molar-refractivity contribution in [3.05, 3.63) is 30.3 Å². The zero-order valence-electron chi connectivity index (χ0n) is 10.4. The van der Waals surface area contributed by atoms with E-state index in [4.69, 9.17) is 10.8 Å². The van der Waals surface area contributed by atoms with Crippen LogP contribution in [0.2, 0.25) is 0 Å². The van der Waals surface area contributed by atoms with Crippen molar-refractivity contribution in [3.63, 3.8) is 0 Å². The van der Waals surface area contributed by atoms with Crippen LogP contribution < -0.4 is 16.0 Å². The Kier molecular flexibility index (Phi) is 4.87. The zero-order chi connectivity index (χ0) is 14.4. The van der Waals surface area contributed by atoms with Gasteiger partial charge in [0.15, 0.2) is 0 Å². The number of amides is 3. The maximum atomic E-state index is 12.1. The third-order valence-electron chi connectivity index (χ3n) is 2.36. The van der Waals surface area contributed by atoms with Crippen LogP contribution in [0.5, 0.6) is 0 Å². The highest BCUT2D eigenvalue weighted by Gasteiger charge is 2.24. The summed E-state index contributed by atoms with van der Waals surface area (Å²) < 4.78 is 0. The molecule has 0 aliphatic rings. The van der Waals surface area contributed by atoms with E-state index in [0.717, 1.165) is 4.90 Å². The summed E-state index contributed by atoms with van der Waals surface area (Å²) in [6.07, 6.45) is 0. The minimum Gasteiger partial charge on any atom is -0.480 e. The lowest BCUT2D eigenvalue weighted by Gasteiger charge is -2.24. The van der Waals surface area contributed by atoms with E-state index in [1.54, 1.807) is 30.3 Å². The molecule has 102 valence electrons. The fourth-order valence-electron chi connectivity index (χ4n) is 1.55. The molecule has 1 rings (SSSR count). The van der Waals surface area contributed by atoms with Gasteiger partial charge in [0.25, 0.3) is 0 Å². The first-order valence-corrected chi connectivity index (χ1v) is 5.56. The number of carbonyl (C=O) groups is 3. The number of carboxylic acids is 1. The first kappa shape index (κ1) is 14.5. The lowest BCUT2D eigenvalue weighted by molar-refractivity contribution is -0.136. The lowest BCUT2D eigenvalue weighted by atomic mass is 10.2. The van der Waals surface area contributed by atoms with E-state index in [1.165, 1.54) is 6.92 Å². The molecule has 1 aromatic rings. The molecule has 0 fully saturated rings. The molecular formula is C12H15N3O4. The smallest absolute Gasteiger partial charge is 0.323 e. The van der Waals surface area contributed by atoms with Gasteiger partial charge in [-0.25, -0.2) is 4.79 Å². The van der Waals surface area contributed by atoms with Crippen LogP contribution in [0.15, 0.2) is 30.3 Å². The van der Waals surface area contributed by atoms with Crippen molar-refractivity contribution in [1.82, 2.24) is 5.32 Å². The molecule has 0 saturated carbocycles. The summed E-state index contributed by atoms with van der Waals surface area (Å²) in [6, 6.07) is 6.59. The van der Waals surface area contributed by atoms with Crippen molar-refractivity contribution < 1.29 is 19.5 Å². The minimum atomic E-state index is -1.15. The Hall–Kier alpha value is -2.57. The third kappa shape index (κ3) is 4.30. The number of hydrogen-bond donors (Lipinski definition) is 3. The van der Waals surface area contributed by atoms with E-state index in [1.807, 2.05) is 0 Å². The van der Waals surface area contributed by atoms with E-state index in [0.29, 0.717) is 5.69 Å². The second-order valence-corrected chi connectivity index (χ2v) is 3.88.